The summed E-state index contributed by atoms with van der Waals surface area (Å²) in [4.78, 5) is 13.8. The highest BCUT2D eigenvalue weighted by Crippen LogP contribution is 2.27. The van der Waals surface area contributed by atoms with Gasteiger partial charge in [0, 0.05) is 56.4 Å². The average Bonchev–Trinajstić information content (AvgIpc) is 3.24. The standard InChI is InChI=1S/C22H23N7O.H2S/c1-29-14-17(11-27-29)15-2-4-16(5-3-15)19-10-20-21(25-7-6-24-20)22(28-19)26-13-18-12-23-8-9-30-18;/h2-7,10-11,14,18,23H,8-9,12-13H2,1H3,(H,26,28);1H2/t18-;/m0./s1. The van der Waals surface area contributed by atoms with E-state index in [0.717, 1.165) is 58.9 Å². The van der Waals surface area contributed by atoms with Crippen LogP contribution in [0.4, 0.5) is 5.82 Å². The monoisotopic (exact) mass is 435 g/mol. The first kappa shape index (κ1) is 21.2. The number of aryl methyl sites for hydroxylation is 1. The predicted molar refractivity (Wildman–Crippen MR) is 126 cm³/mol. The van der Waals surface area contributed by atoms with Gasteiger partial charge in [-0.3, -0.25) is 9.67 Å². The van der Waals surface area contributed by atoms with Gasteiger partial charge in [0.05, 0.1) is 30.1 Å². The molecule has 0 spiro atoms. The minimum atomic E-state index is 0. The molecule has 2 N–H and O–H groups in total. The Labute approximate surface area is 187 Å². The minimum absolute atomic E-state index is 0. The summed E-state index contributed by atoms with van der Waals surface area (Å²) in [5, 5.41) is 11.0. The number of hydrogen-bond acceptors (Lipinski definition) is 7. The Morgan fingerprint density at radius 3 is 2.68 bits per heavy atom. The van der Waals surface area contributed by atoms with Crippen molar-refractivity contribution < 1.29 is 4.74 Å². The fourth-order valence-electron chi connectivity index (χ4n) is 3.61. The molecule has 1 aromatic carbocycles. The molecule has 0 unspecified atom stereocenters. The Balaban J connectivity index is 0.00000231. The first-order valence-corrected chi connectivity index (χ1v) is 10.0. The summed E-state index contributed by atoms with van der Waals surface area (Å²) < 4.78 is 7.59. The molecule has 4 aromatic rings. The van der Waals surface area contributed by atoms with Gasteiger partial charge >= 0.3 is 0 Å². The van der Waals surface area contributed by atoms with Crippen molar-refractivity contribution in [1.29, 1.82) is 0 Å². The molecule has 1 fully saturated rings. The molecule has 0 saturated carbocycles. The summed E-state index contributed by atoms with van der Waals surface area (Å²) in [5.41, 5.74) is 5.65. The molecule has 0 radical (unpaired) electrons. The third-order valence-corrected chi connectivity index (χ3v) is 5.18. The van der Waals surface area contributed by atoms with Crippen LogP contribution < -0.4 is 10.6 Å². The first-order chi connectivity index (χ1) is 14.8. The molecule has 1 aliphatic heterocycles. The molecular weight excluding hydrogens is 410 g/mol. The molecule has 9 heteroatoms. The molecule has 1 atom stereocenters. The van der Waals surface area contributed by atoms with E-state index >= 15 is 0 Å². The molecule has 0 bridgehead atoms. The number of fused-ring (bicyclic) bond motifs is 1. The quantitative estimate of drug-likeness (QED) is 0.498. The third-order valence-electron chi connectivity index (χ3n) is 5.18. The highest BCUT2D eigenvalue weighted by Gasteiger charge is 2.15. The Morgan fingerprint density at radius 1 is 1.13 bits per heavy atom. The zero-order valence-corrected chi connectivity index (χ0v) is 18.2. The van der Waals surface area contributed by atoms with Crippen molar-refractivity contribution in [3.63, 3.8) is 0 Å². The summed E-state index contributed by atoms with van der Waals surface area (Å²) in [6, 6.07) is 10.3. The number of pyridine rings is 1. The zero-order valence-electron chi connectivity index (χ0n) is 17.2. The Morgan fingerprint density at radius 2 is 1.94 bits per heavy atom. The SMILES string of the molecule is Cn1cc(-c2ccc(-c3cc4nccnc4c(NC[C@@H]4CNCCO4)n3)cc2)cn1.S. The smallest absolute Gasteiger partial charge is 0.154 e. The van der Waals surface area contributed by atoms with E-state index in [2.05, 4.69) is 50.0 Å². The highest BCUT2D eigenvalue weighted by atomic mass is 32.1. The summed E-state index contributed by atoms with van der Waals surface area (Å²) in [5.74, 6) is 0.723. The van der Waals surface area contributed by atoms with E-state index in [4.69, 9.17) is 9.72 Å². The molecule has 5 rings (SSSR count). The summed E-state index contributed by atoms with van der Waals surface area (Å²) in [7, 11) is 1.92. The van der Waals surface area contributed by atoms with E-state index in [0.29, 0.717) is 6.54 Å². The molecule has 4 heterocycles. The first-order valence-electron chi connectivity index (χ1n) is 10.0. The maximum atomic E-state index is 5.79. The molecule has 1 saturated heterocycles. The van der Waals surface area contributed by atoms with Gasteiger partial charge in [-0.2, -0.15) is 18.6 Å². The van der Waals surface area contributed by atoms with Gasteiger partial charge in [-0.05, 0) is 11.6 Å². The molecule has 1 aliphatic rings. The lowest BCUT2D eigenvalue weighted by Gasteiger charge is -2.24. The molecule has 0 amide bonds. The third kappa shape index (κ3) is 4.68. The van der Waals surface area contributed by atoms with Crippen LogP contribution in [-0.4, -0.2) is 57.1 Å². The number of hydrogen-bond donors (Lipinski definition) is 2. The second kappa shape index (κ2) is 9.42. The van der Waals surface area contributed by atoms with Crippen LogP contribution in [0.25, 0.3) is 33.4 Å². The van der Waals surface area contributed by atoms with Crippen LogP contribution >= 0.6 is 13.5 Å². The van der Waals surface area contributed by atoms with Gasteiger partial charge in [-0.15, -0.1) is 0 Å². The van der Waals surface area contributed by atoms with Crippen molar-refractivity contribution in [1.82, 2.24) is 30.0 Å². The van der Waals surface area contributed by atoms with E-state index in [9.17, 15) is 0 Å². The molecule has 31 heavy (non-hydrogen) atoms. The molecule has 3 aromatic heterocycles. The van der Waals surface area contributed by atoms with E-state index < -0.39 is 0 Å². The van der Waals surface area contributed by atoms with Crippen LogP contribution in [0.1, 0.15) is 0 Å². The second-order valence-corrected chi connectivity index (χ2v) is 7.34. The van der Waals surface area contributed by atoms with Crippen LogP contribution in [0, 0.1) is 0 Å². The molecule has 0 aliphatic carbocycles. The number of anilines is 1. The van der Waals surface area contributed by atoms with Crippen molar-refractivity contribution in [2.75, 3.05) is 31.6 Å². The van der Waals surface area contributed by atoms with Gasteiger partial charge in [-0.1, -0.05) is 24.3 Å². The summed E-state index contributed by atoms with van der Waals surface area (Å²) in [6.45, 7) is 3.11. The summed E-state index contributed by atoms with van der Waals surface area (Å²) in [6.07, 6.45) is 7.37. The Bertz CT molecular complexity index is 1160. The fraction of sp³-hybridized carbons (Fsp3) is 0.273. The van der Waals surface area contributed by atoms with Crippen molar-refractivity contribution in [2.45, 2.75) is 6.10 Å². The zero-order chi connectivity index (χ0) is 20.3. The lowest BCUT2D eigenvalue weighted by Crippen LogP contribution is -2.42. The van der Waals surface area contributed by atoms with Crippen molar-refractivity contribution >= 4 is 30.3 Å². The van der Waals surface area contributed by atoms with Crippen LogP contribution in [0.2, 0.25) is 0 Å². The van der Waals surface area contributed by atoms with Gasteiger partial charge in [0.25, 0.3) is 0 Å². The molecular formula is C22H25N7OS. The van der Waals surface area contributed by atoms with E-state index in [-0.39, 0.29) is 19.6 Å². The average molecular weight is 436 g/mol. The summed E-state index contributed by atoms with van der Waals surface area (Å²) >= 11 is 0. The van der Waals surface area contributed by atoms with Crippen molar-refractivity contribution in [3.8, 4) is 22.4 Å². The largest absolute Gasteiger partial charge is 0.374 e. The van der Waals surface area contributed by atoms with E-state index in [1.165, 1.54) is 0 Å². The van der Waals surface area contributed by atoms with Gasteiger partial charge in [0.15, 0.2) is 5.82 Å². The van der Waals surface area contributed by atoms with Crippen LogP contribution in [0.15, 0.2) is 55.1 Å². The normalized spacial score (nSPS) is 16.1. The van der Waals surface area contributed by atoms with Crippen LogP contribution in [0.3, 0.4) is 0 Å². The lowest BCUT2D eigenvalue weighted by atomic mass is 10.0. The lowest BCUT2D eigenvalue weighted by molar-refractivity contribution is 0.0372. The predicted octanol–water partition coefficient (Wildman–Crippen LogP) is 2.61. The number of benzene rings is 1. The van der Waals surface area contributed by atoms with Gasteiger partial charge in [0.1, 0.15) is 5.52 Å². The maximum absolute atomic E-state index is 5.79. The fourth-order valence-corrected chi connectivity index (χ4v) is 3.61. The Hall–Kier alpha value is -3.01. The number of rotatable bonds is 5. The van der Waals surface area contributed by atoms with Gasteiger partial charge < -0.3 is 15.4 Å². The maximum Gasteiger partial charge on any atom is 0.154 e. The van der Waals surface area contributed by atoms with E-state index in [1.807, 2.05) is 25.5 Å². The van der Waals surface area contributed by atoms with Gasteiger partial charge in [-0.25, -0.2) is 9.97 Å². The van der Waals surface area contributed by atoms with Gasteiger partial charge in [0.2, 0.25) is 0 Å². The number of ether oxygens (including phenoxy) is 1. The second-order valence-electron chi connectivity index (χ2n) is 7.34. The van der Waals surface area contributed by atoms with Crippen LogP contribution in [-0.2, 0) is 11.8 Å². The van der Waals surface area contributed by atoms with Crippen molar-refractivity contribution in [2.24, 2.45) is 7.05 Å². The number of nitrogens with one attached hydrogen (secondary N) is 2. The van der Waals surface area contributed by atoms with Crippen LogP contribution in [0.5, 0.6) is 0 Å². The molecule has 8 nitrogen and oxygen atoms in total. The highest BCUT2D eigenvalue weighted by molar-refractivity contribution is 7.59. The topological polar surface area (TPSA) is 89.8 Å². The minimum Gasteiger partial charge on any atom is -0.374 e. The number of morpholine rings is 1. The Kier molecular flexibility index (Phi) is 6.45. The number of nitrogens with zero attached hydrogens (tertiary/aromatic N) is 5. The molecule has 160 valence electrons. The van der Waals surface area contributed by atoms with E-state index in [1.54, 1.807) is 17.1 Å². The number of aromatic nitrogens is 5. The van der Waals surface area contributed by atoms with Crippen molar-refractivity contribution in [3.05, 3.63) is 55.1 Å².